The van der Waals surface area contributed by atoms with Gasteiger partial charge in [0.15, 0.2) is 9.84 Å². The van der Waals surface area contributed by atoms with E-state index in [9.17, 15) is 8.42 Å². The lowest BCUT2D eigenvalue weighted by Gasteiger charge is -2.24. The van der Waals surface area contributed by atoms with Crippen LogP contribution in [-0.4, -0.2) is 35.5 Å². The molecule has 0 fully saturated rings. The molecule has 110 valence electrons. The van der Waals surface area contributed by atoms with Gasteiger partial charge in [-0.25, -0.2) is 13.4 Å². The Bertz CT molecular complexity index is 530. The number of aryl methyl sites for hydroxylation is 1. The molecule has 0 aliphatic heterocycles. The monoisotopic (exact) mass is 287 g/mol. The highest BCUT2D eigenvalue weighted by molar-refractivity contribution is 7.92. The Balaban J connectivity index is 2.95. The maximum absolute atomic E-state index is 11.8. The molecule has 1 heterocycles. The minimum absolute atomic E-state index is 0.396. The number of imidazole rings is 1. The van der Waals surface area contributed by atoms with Crippen molar-refractivity contribution in [2.24, 2.45) is 5.92 Å². The Morgan fingerprint density at radius 3 is 2.47 bits per heavy atom. The third-order valence-electron chi connectivity index (χ3n) is 3.12. The molecule has 5 nitrogen and oxygen atoms in total. The second kappa shape index (κ2) is 5.53. The van der Waals surface area contributed by atoms with E-state index in [1.807, 2.05) is 17.7 Å². The standard InChI is InChI=1S/C13H25N3O2S/c1-10(2)7-14-12-15-11(3)8-16(12)9-13(4,5)19(6,17)18/h8,10H,7,9H2,1-6H3,(H,14,15). The largest absolute Gasteiger partial charge is 0.355 e. The maximum Gasteiger partial charge on any atom is 0.203 e. The van der Waals surface area contributed by atoms with Gasteiger partial charge in [0, 0.05) is 25.5 Å². The van der Waals surface area contributed by atoms with Gasteiger partial charge >= 0.3 is 0 Å². The summed E-state index contributed by atoms with van der Waals surface area (Å²) in [5, 5.41) is 3.26. The van der Waals surface area contributed by atoms with E-state index < -0.39 is 14.6 Å². The molecule has 0 aliphatic rings. The van der Waals surface area contributed by atoms with Crippen molar-refractivity contribution in [3.63, 3.8) is 0 Å². The highest BCUT2D eigenvalue weighted by atomic mass is 32.2. The Hall–Kier alpha value is -1.04. The molecule has 0 atom stereocenters. The second-order valence-corrected chi connectivity index (χ2v) is 8.79. The zero-order valence-electron chi connectivity index (χ0n) is 12.7. The fraction of sp³-hybridized carbons (Fsp3) is 0.769. The summed E-state index contributed by atoms with van der Waals surface area (Å²) in [5.41, 5.74) is 0.885. The van der Waals surface area contributed by atoms with Crippen LogP contribution < -0.4 is 5.32 Å². The van der Waals surface area contributed by atoms with Crippen molar-refractivity contribution in [2.45, 2.75) is 45.9 Å². The van der Waals surface area contributed by atoms with Crippen molar-refractivity contribution in [1.82, 2.24) is 9.55 Å². The predicted octanol–water partition coefficient (Wildman–Crippen LogP) is 2.08. The van der Waals surface area contributed by atoms with Crippen LogP contribution in [0.2, 0.25) is 0 Å². The van der Waals surface area contributed by atoms with Crippen LogP contribution in [0.15, 0.2) is 6.20 Å². The fourth-order valence-electron chi connectivity index (χ4n) is 1.63. The number of aromatic nitrogens is 2. The van der Waals surface area contributed by atoms with Crippen molar-refractivity contribution in [2.75, 3.05) is 18.1 Å². The van der Waals surface area contributed by atoms with Gasteiger partial charge in [0.25, 0.3) is 0 Å². The van der Waals surface area contributed by atoms with E-state index in [2.05, 4.69) is 24.1 Å². The van der Waals surface area contributed by atoms with Gasteiger partial charge in [-0.1, -0.05) is 13.8 Å². The van der Waals surface area contributed by atoms with E-state index in [-0.39, 0.29) is 0 Å². The number of rotatable bonds is 6. The van der Waals surface area contributed by atoms with Crippen LogP contribution in [0, 0.1) is 12.8 Å². The quantitative estimate of drug-likeness (QED) is 0.870. The average molecular weight is 287 g/mol. The summed E-state index contributed by atoms with van der Waals surface area (Å²) < 4.78 is 24.7. The lowest BCUT2D eigenvalue weighted by Crippen LogP contribution is -2.36. The van der Waals surface area contributed by atoms with E-state index in [0.29, 0.717) is 12.5 Å². The highest BCUT2D eigenvalue weighted by Gasteiger charge is 2.31. The van der Waals surface area contributed by atoms with E-state index in [1.54, 1.807) is 13.8 Å². The summed E-state index contributed by atoms with van der Waals surface area (Å²) in [6.07, 6.45) is 3.16. The summed E-state index contributed by atoms with van der Waals surface area (Å²) >= 11 is 0. The zero-order valence-corrected chi connectivity index (χ0v) is 13.5. The number of nitrogens with zero attached hydrogens (tertiary/aromatic N) is 2. The third-order valence-corrected chi connectivity index (χ3v) is 5.26. The van der Waals surface area contributed by atoms with Gasteiger partial charge in [-0.2, -0.15) is 0 Å². The molecule has 0 amide bonds. The molecule has 1 aromatic heterocycles. The molecule has 0 radical (unpaired) electrons. The van der Waals surface area contributed by atoms with Gasteiger partial charge in [0.1, 0.15) is 0 Å². The van der Waals surface area contributed by atoms with Gasteiger partial charge < -0.3 is 9.88 Å². The molecule has 1 rings (SSSR count). The van der Waals surface area contributed by atoms with Crippen LogP contribution in [0.5, 0.6) is 0 Å². The van der Waals surface area contributed by atoms with Crippen molar-refractivity contribution in [3.8, 4) is 0 Å². The van der Waals surface area contributed by atoms with Crippen LogP contribution in [0.3, 0.4) is 0 Å². The molecule has 0 aliphatic carbocycles. The van der Waals surface area contributed by atoms with Crippen molar-refractivity contribution >= 4 is 15.8 Å². The Morgan fingerprint density at radius 2 is 2.00 bits per heavy atom. The van der Waals surface area contributed by atoms with Crippen molar-refractivity contribution < 1.29 is 8.42 Å². The zero-order chi connectivity index (χ0) is 14.8. The molecule has 0 unspecified atom stereocenters. The molecule has 1 N–H and O–H groups in total. The van der Waals surface area contributed by atoms with Gasteiger partial charge in [0.2, 0.25) is 5.95 Å². The smallest absolute Gasteiger partial charge is 0.203 e. The first-order valence-electron chi connectivity index (χ1n) is 6.50. The molecule has 0 aromatic carbocycles. The average Bonchev–Trinajstić information content (AvgIpc) is 2.53. The lowest BCUT2D eigenvalue weighted by molar-refractivity contribution is 0.504. The Morgan fingerprint density at radius 1 is 1.42 bits per heavy atom. The summed E-state index contributed by atoms with van der Waals surface area (Å²) in [6, 6.07) is 0. The summed E-state index contributed by atoms with van der Waals surface area (Å²) in [6.45, 7) is 10.8. The fourth-order valence-corrected chi connectivity index (χ4v) is 2.00. The van der Waals surface area contributed by atoms with Crippen LogP contribution in [0.1, 0.15) is 33.4 Å². The molecule has 0 saturated carbocycles. The van der Waals surface area contributed by atoms with Crippen molar-refractivity contribution in [1.29, 1.82) is 0 Å². The molecule has 0 saturated heterocycles. The van der Waals surface area contributed by atoms with E-state index in [1.165, 1.54) is 6.26 Å². The van der Waals surface area contributed by atoms with E-state index >= 15 is 0 Å². The topological polar surface area (TPSA) is 64.0 Å². The molecule has 0 bridgehead atoms. The first-order valence-corrected chi connectivity index (χ1v) is 8.39. The lowest BCUT2D eigenvalue weighted by atomic mass is 10.2. The number of sulfone groups is 1. The number of hydrogen-bond donors (Lipinski definition) is 1. The van der Waals surface area contributed by atoms with Crippen LogP contribution in [0.4, 0.5) is 5.95 Å². The van der Waals surface area contributed by atoms with E-state index in [4.69, 9.17) is 0 Å². The molecular formula is C13H25N3O2S. The molecule has 0 spiro atoms. The van der Waals surface area contributed by atoms with Gasteiger partial charge in [-0.3, -0.25) is 0 Å². The number of anilines is 1. The molecular weight excluding hydrogens is 262 g/mol. The first-order chi connectivity index (χ1) is 8.53. The van der Waals surface area contributed by atoms with E-state index in [0.717, 1.165) is 18.2 Å². The Kier molecular flexibility index (Phi) is 4.66. The van der Waals surface area contributed by atoms with Crippen LogP contribution >= 0.6 is 0 Å². The first kappa shape index (κ1) is 16.0. The Labute approximate surface area is 116 Å². The summed E-state index contributed by atoms with van der Waals surface area (Å²) in [7, 11) is -3.12. The number of hydrogen-bond acceptors (Lipinski definition) is 4. The van der Waals surface area contributed by atoms with Crippen LogP contribution in [-0.2, 0) is 16.4 Å². The highest BCUT2D eigenvalue weighted by Crippen LogP contribution is 2.21. The van der Waals surface area contributed by atoms with Gasteiger partial charge in [-0.05, 0) is 26.7 Å². The minimum Gasteiger partial charge on any atom is -0.355 e. The normalized spacial score (nSPS) is 13.0. The van der Waals surface area contributed by atoms with Gasteiger partial charge in [0.05, 0.1) is 10.4 Å². The molecule has 1 aromatic rings. The summed E-state index contributed by atoms with van der Waals surface area (Å²) in [4.78, 5) is 4.41. The predicted molar refractivity (Wildman–Crippen MR) is 79.2 cm³/mol. The number of nitrogens with one attached hydrogen (secondary N) is 1. The van der Waals surface area contributed by atoms with Crippen LogP contribution in [0.25, 0.3) is 0 Å². The third kappa shape index (κ3) is 4.23. The summed E-state index contributed by atoms with van der Waals surface area (Å²) in [5.74, 6) is 1.25. The maximum atomic E-state index is 11.8. The van der Waals surface area contributed by atoms with Gasteiger partial charge in [-0.15, -0.1) is 0 Å². The second-order valence-electron chi connectivity index (χ2n) is 6.14. The molecule has 19 heavy (non-hydrogen) atoms. The SMILES string of the molecule is Cc1cn(CC(C)(C)S(C)(=O)=O)c(NCC(C)C)n1. The molecule has 6 heteroatoms. The van der Waals surface area contributed by atoms with Crippen molar-refractivity contribution in [3.05, 3.63) is 11.9 Å². The minimum atomic E-state index is -3.12.